The third-order valence-corrected chi connectivity index (χ3v) is 5.75. The van der Waals surface area contributed by atoms with Crippen LogP contribution in [0.5, 0.6) is 5.75 Å². The van der Waals surface area contributed by atoms with Gasteiger partial charge in [-0.25, -0.2) is 4.79 Å². The SMILES string of the molecule is O=C1N(c2ccc(Cl)cc2)C(c2cccc(OC(F)(F)F)c2)C(C(F)(F)F)N1c1ccc(Cl)cc1. The maximum absolute atomic E-state index is 14.5. The van der Waals surface area contributed by atoms with Gasteiger partial charge in [0.25, 0.3) is 0 Å². The maximum Gasteiger partial charge on any atom is 0.573 e. The van der Waals surface area contributed by atoms with Gasteiger partial charge < -0.3 is 4.74 Å². The first-order chi connectivity index (χ1) is 16.3. The van der Waals surface area contributed by atoms with Gasteiger partial charge in [-0.1, -0.05) is 35.3 Å². The fourth-order valence-electron chi connectivity index (χ4n) is 3.93. The van der Waals surface area contributed by atoms with Gasteiger partial charge in [0, 0.05) is 21.4 Å². The Morgan fingerprint density at radius 3 is 1.74 bits per heavy atom. The lowest BCUT2D eigenvalue weighted by molar-refractivity contribution is -0.274. The summed E-state index contributed by atoms with van der Waals surface area (Å²) < 4.78 is 85.8. The lowest BCUT2D eigenvalue weighted by atomic mass is 9.97. The van der Waals surface area contributed by atoms with Crippen LogP contribution in [0.3, 0.4) is 0 Å². The van der Waals surface area contributed by atoms with E-state index in [0.717, 1.165) is 23.1 Å². The Morgan fingerprint density at radius 1 is 0.743 bits per heavy atom. The van der Waals surface area contributed by atoms with Crippen LogP contribution in [0, 0.1) is 0 Å². The number of benzene rings is 3. The molecule has 0 radical (unpaired) electrons. The van der Waals surface area contributed by atoms with Gasteiger partial charge in [0.1, 0.15) is 5.75 Å². The van der Waals surface area contributed by atoms with Crippen molar-refractivity contribution in [3.8, 4) is 5.75 Å². The van der Waals surface area contributed by atoms with Crippen molar-refractivity contribution in [2.45, 2.75) is 24.6 Å². The highest BCUT2D eigenvalue weighted by Gasteiger charge is 2.60. The first-order valence-corrected chi connectivity index (χ1v) is 10.7. The highest BCUT2D eigenvalue weighted by atomic mass is 35.5. The normalized spacial score (nSPS) is 18.8. The minimum atomic E-state index is -5.06. The molecule has 4 rings (SSSR count). The first kappa shape index (κ1) is 25.0. The molecule has 4 nitrogen and oxygen atoms in total. The molecule has 0 spiro atoms. The number of hydrogen-bond acceptors (Lipinski definition) is 2. The molecule has 2 unspecified atom stereocenters. The van der Waals surface area contributed by atoms with Gasteiger partial charge in [-0.15, -0.1) is 13.2 Å². The summed E-state index contributed by atoms with van der Waals surface area (Å²) in [6, 6.07) is 9.51. The van der Waals surface area contributed by atoms with E-state index >= 15 is 0 Å². The summed E-state index contributed by atoms with van der Waals surface area (Å²) in [5.41, 5.74) is -0.239. The van der Waals surface area contributed by atoms with Gasteiger partial charge in [-0.05, 0) is 66.2 Å². The largest absolute Gasteiger partial charge is 0.573 e. The molecule has 35 heavy (non-hydrogen) atoms. The van der Waals surface area contributed by atoms with E-state index in [4.69, 9.17) is 23.2 Å². The van der Waals surface area contributed by atoms with E-state index in [0.29, 0.717) is 4.90 Å². The van der Waals surface area contributed by atoms with Crippen LogP contribution in [0.25, 0.3) is 0 Å². The Hall–Kier alpha value is -3.11. The van der Waals surface area contributed by atoms with Gasteiger partial charge in [-0.2, -0.15) is 13.2 Å². The van der Waals surface area contributed by atoms with Crippen LogP contribution in [-0.4, -0.2) is 24.6 Å². The van der Waals surface area contributed by atoms with E-state index < -0.39 is 36.4 Å². The fraction of sp³-hybridized carbons (Fsp3) is 0.174. The van der Waals surface area contributed by atoms with E-state index in [9.17, 15) is 31.1 Å². The van der Waals surface area contributed by atoms with Gasteiger partial charge in [0.15, 0.2) is 6.04 Å². The Bertz CT molecular complexity index is 1220. The maximum atomic E-state index is 14.5. The summed E-state index contributed by atoms with van der Waals surface area (Å²) in [6.07, 6.45) is -10.0. The van der Waals surface area contributed by atoms with Crippen LogP contribution in [0.2, 0.25) is 10.0 Å². The zero-order valence-electron chi connectivity index (χ0n) is 17.3. The molecular formula is C23H14Cl2F6N2O2. The van der Waals surface area contributed by atoms with Crippen LogP contribution in [0.4, 0.5) is 42.5 Å². The number of carbonyl (C=O) groups is 1. The number of halogens is 8. The van der Waals surface area contributed by atoms with Crippen molar-refractivity contribution in [3.63, 3.8) is 0 Å². The van der Waals surface area contributed by atoms with Gasteiger partial charge >= 0.3 is 18.6 Å². The summed E-state index contributed by atoms with van der Waals surface area (Å²) in [7, 11) is 0. The number of urea groups is 1. The molecule has 1 aliphatic rings. The fourth-order valence-corrected chi connectivity index (χ4v) is 4.19. The Labute approximate surface area is 205 Å². The van der Waals surface area contributed by atoms with E-state index in [-0.39, 0.29) is 27.0 Å². The average molecular weight is 535 g/mol. The number of hydrogen-bond donors (Lipinski definition) is 0. The number of ether oxygens (including phenoxy) is 1. The monoisotopic (exact) mass is 534 g/mol. The molecule has 0 saturated carbocycles. The topological polar surface area (TPSA) is 32.8 Å². The van der Waals surface area contributed by atoms with Crippen LogP contribution >= 0.6 is 23.2 Å². The molecular weight excluding hydrogens is 521 g/mol. The van der Waals surface area contributed by atoms with E-state index in [1.54, 1.807) is 0 Å². The molecule has 0 aliphatic carbocycles. The highest BCUT2D eigenvalue weighted by Crippen LogP contribution is 2.48. The molecule has 0 aromatic heterocycles. The van der Waals surface area contributed by atoms with Crippen molar-refractivity contribution >= 4 is 40.6 Å². The molecule has 1 saturated heterocycles. The molecule has 1 fully saturated rings. The van der Waals surface area contributed by atoms with E-state index in [1.807, 2.05) is 0 Å². The number of amides is 2. The lowest BCUT2D eigenvalue weighted by Gasteiger charge is -2.30. The van der Waals surface area contributed by atoms with Crippen molar-refractivity contribution < 1.29 is 35.9 Å². The van der Waals surface area contributed by atoms with Crippen LogP contribution in [-0.2, 0) is 0 Å². The van der Waals surface area contributed by atoms with Gasteiger partial charge in [0.05, 0.1) is 6.04 Å². The smallest absolute Gasteiger partial charge is 0.406 e. The minimum absolute atomic E-state index is 0.0669. The molecule has 3 aromatic carbocycles. The number of carbonyl (C=O) groups excluding carboxylic acids is 1. The molecule has 12 heteroatoms. The molecule has 184 valence electrons. The number of rotatable bonds is 4. The van der Waals surface area contributed by atoms with Crippen LogP contribution < -0.4 is 14.5 Å². The summed E-state index contributed by atoms with van der Waals surface area (Å²) in [4.78, 5) is 14.9. The highest BCUT2D eigenvalue weighted by molar-refractivity contribution is 6.31. The van der Waals surface area contributed by atoms with E-state index in [1.165, 1.54) is 54.6 Å². The number of nitrogens with zero attached hydrogens (tertiary/aromatic N) is 2. The average Bonchev–Trinajstić information content (AvgIpc) is 3.07. The van der Waals surface area contributed by atoms with Crippen LogP contribution in [0.15, 0.2) is 72.8 Å². The predicted molar refractivity (Wildman–Crippen MR) is 119 cm³/mol. The molecule has 0 bridgehead atoms. The van der Waals surface area contributed by atoms with Crippen molar-refractivity contribution in [1.82, 2.24) is 0 Å². The third-order valence-electron chi connectivity index (χ3n) is 5.25. The molecule has 1 aliphatic heterocycles. The molecule has 3 aromatic rings. The zero-order chi connectivity index (χ0) is 25.5. The number of alkyl halides is 6. The van der Waals surface area contributed by atoms with Crippen molar-refractivity contribution in [2.75, 3.05) is 9.80 Å². The van der Waals surface area contributed by atoms with Crippen LogP contribution in [0.1, 0.15) is 11.6 Å². The zero-order valence-corrected chi connectivity index (χ0v) is 18.8. The molecule has 1 heterocycles. The lowest BCUT2D eigenvalue weighted by Crippen LogP contribution is -2.45. The molecule has 0 N–H and O–H groups in total. The minimum Gasteiger partial charge on any atom is -0.406 e. The molecule has 2 amide bonds. The Balaban J connectivity index is 1.91. The third kappa shape index (κ3) is 5.28. The Morgan fingerprint density at radius 2 is 1.26 bits per heavy atom. The predicted octanol–water partition coefficient (Wildman–Crippen LogP) is 8.01. The van der Waals surface area contributed by atoms with E-state index in [2.05, 4.69) is 4.74 Å². The summed E-state index contributed by atoms with van der Waals surface area (Å²) in [5.74, 6) is -0.718. The van der Waals surface area contributed by atoms with Gasteiger partial charge in [-0.3, -0.25) is 9.80 Å². The molecule has 2 atom stereocenters. The Kier molecular flexibility index (Phi) is 6.54. The second kappa shape index (κ2) is 9.16. The standard InChI is InChI=1S/C23H14Cl2F6N2O2/c24-14-4-8-16(9-5-14)32-19(13-2-1-3-18(12-13)35-23(29,30)31)20(22(26,27)28)33(21(32)34)17-10-6-15(25)7-11-17/h1-12,19-20H. The first-order valence-electron chi connectivity index (χ1n) is 9.91. The summed E-state index contributed by atoms with van der Waals surface area (Å²) >= 11 is 11.8. The summed E-state index contributed by atoms with van der Waals surface area (Å²) in [6.45, 7) is 0. The number of anilines is 2. The quantitative estimate of drug-likeness (QED) is 0.317. The van der Waals surface area contributed by atoms with Crippen molar-refractivity contribution in [1.29, 1.82) is 0 Å². The summed E-state index contributed by atoms with van der Waals surface area (Å²) in [5, 5.41) is 0.520. The van der Waals surface area contributed by atoms with Crippen molar-refractivity contribution in [3.05, 3.63) is 88.4 Å². The van der Waals surface area contributed by atoms with Crippen molar-refractivity contribution in [2.24, 2.45) is 0 Å². The second-order valence-electron chi connectivity index (χ2n) is 7.53. The van der Waals surface area contributed by atoms with Gasteiger partial charge in [0.2, 0.25) is 0 Å². The second-order valence-corrected chi connectivity index (χ2v) is 8.40.